The summed E-state index contributed by atoms with van der Waals surface area (Å²) in [6.45, 7) is 15.8. The highest BCUT2D eigenvalue weighted by Gasteiger charge is 2.31. The normalized spacial score (nSPS) is 25.6. The molecule has 0 aromatic rings. The van der Waals surface area contributed by atoms with Crippen LogP contribution in [-0.4, -0.2) is 90.7 Å². The minimum atomic E-state index is -0.467. The third kappa shape index (κ3) is 10.2. The molecule has 2 saturated heterocycles. The van der Waals surface area contributed by atoms with Gasteiger partial charge < -0.3 is 28.7 Å². The van der Waals surface area contributed by atoms with E-state index in [0.717, 1.165) is 71.3 Å². The second-order valence-corrected chi connectivity index (χ2v) is 12.8. The Morgan fingerprint density at radius 3 is 1.81 bits per heavy atom. The van der Waals surface area contributed by atoms with Crippen molar-refractivity contribution >= 4 is 12.1 Å². The maximum absolute atomic E-state index is 12.3. The predicted molar refractivity (Wildman–Crippen MR) is 139 cm³/mol. The highest BCUT2D eigenvalue weighted by Crippen LogP contribution is 2.29. The fraction of sp³-hybridized carbons (Fsp3) is 0.929. The van der Waals surface area contributed by atoms with E-state index in [2.05, 4.69) is 4.90 Å². The Balaban J connectivity index is 1.26. The zero-order chi connectivity index (χ0) is 26.3. The van der Waals surface area contributed by atoms with Gasteiger partial charge in [-0.05, 0) is 98.8 Å². The molecule has 1 saturated carbocycles. The smallest absolute Gasteiger partial charge is 0.410 e. The Morgan fingerprint density at radius 2 is 1.25 bits per heavy atom. The highest BCUT2D eigenvalue weighted by atomic mass is 16.6. The molecule has 0 unspecified atom stereocenters. The van der Waals surface area contributed by atoms with Gasteiger partial charge in [0.1, 0.15) is 17.8 Å². The summed E-state index contributed by atoms with van der Waals surface area (Å²) in [5.74, 6) is 0.248. The molecule has 0 spiro atoms. The number of carbonyl (C=O) groups excluding carboxylic acids is 2. The van der Waals surface area contributed by atoms with Crippen molar-refractivity contribution in [3.8, 4) is 0 Å². The first kappa shape index (κ1) is 29.2. The quantitative estimate of drug-likeness (QED) is 0.456. The third-order valence-electron chi connectivity index (χ3n) is 7.33. The molecule has 0 bridgehead atoms. The molecule has 3 aliphatic rings. The van der Waals surface area contributed by atoms with Crippen LogP contribution in [0.2, 0.25) is 0 Å². The minimum absolute atomic E-state index is 0.0460. The molecule has 208 valence electrons. The van der Waals surface area contributed by atoms with Crippen molar-refractivity contribution in [3.63, 3.8) is 0 Å². The molecule has 1 amide bonds. The fourth-order valence-corrected chi connectivity index (χ4v) is 5.42. The van der Waals surface area contributed by atoms with Crippen molar-refractivity contribution in [2.45, 2.75) is 122 Å². The van der Waals surface area contributed by atoms with E-state index in [1.165, 1.54) is 12.8 Å². The molecule has 1 aliphatic carbocycles. The molecule has 8 heteroatoms. The molecule has 0 atom stereocenters. The molecule has 0 radical (unpaired) electrons. The average molecular weight is 511 g/mol. The van der Waals surface area contributed by atoms with Gasteiger partial charge in [0.2, 0.25) is 0 Å². The third-order valence-corrected chi connectivity index (χ3v) is 7.33. The second-order valence-electron chi connectivity index (χ2n) is 12.8. The number of nitrogens with zero attached hydrogens (tertiary/aromatic N) is 2. The molecule has 2 aliphatic heterocycles. The van der Waals surface area contributed by atoms with Crippen molar-refractivity contribution in [1.29, 1.82) is 0 Å². The number of esters is 1. The van der Waals surface area contributed by atoms with Crippen molar-refractivity contribution in [2.24, 2.45) is 5.92 Å². The van der Waals surface area contributed by atoms with Gasteiger partial charge in [-0.1, -0.05) is 0 Å². The molecule has 36 heavy (non-hydrogen) atoms. The number of rotatable bonds is 7. The van der Waals surface area contributed by atoms with Crippen LogP contribution in [0.15, 0.2) is 0 Å². The summed E-state index contributed by atoms with van der Waals surface area (Å²) in [6, 6.07) is 0.633. The van der Waals surface area contributed by atoms with Crippen molar-refractivity contribution in [3.05, 3.63) is 0 Å². The number of likely N-dealkylation sites (tertiary alicyclic amines) is 2. The van der Waals surface area contributed by atoms with Crippen LogP contribution in [0.1, 0.15) is 92.9 Å². The van der Waals surface area contributed by atoms with Crippen LogP contribution in [0.25, 0.3) is 0 Å². The van der Waals surface area contributed by atoms with E-state index >= 15 is 0 Å². The monoisotopic (exact) mass is 510 g/mol. The van der Waals surface area contributed by atoms with E-state index < -0.39 is 11.2 Å². The molecular formula is C28H50N2O6. The van der Waals surface area contributed by atoms with Gasteiger partial charge in [-0.15, -0.1) is 0 Å². The van der Waals surface area contributed by atoms with Crippen LogP contribution in [0.5, 0.6) is 0 Å². The van der Waals surface area contributed by atoms with Crippen LogP contribution in [-0.2, 0) is 23.7 Å². The lowest BCUT2D eigenvalue weighted by Gasteiger charge is -2.41. The second kappa shape index (κ2) is 12.9. The molecule has 3 fully saturated rings. The van der Waals surface area contributed by atoms with E-state index in [4.69, 9.17) is 18.9 Å². The first-order valence-electron chi connectivity index (χ1n) is 14.0. The van der Waals surface area contributed by atoms with Gasteiger partial charge in [-0.2, -0.15) is 0 Å². The summed E-state index contributed by atoms with van der Waals surface area (Å²) in [7, 11) is 0. The Hall–Kier alpha value is -1.38. The molecule has 0 aromatic heterocycles. The summed E-state index contributed by atoms with van der Waals surface area (Å²) >= 11 is 0. The minimum Gasteiger partial charge on any atom is -0.458 e. The van der Waals surface area contributed by atoms with Gasteiger partial charge in [0, 0.05) is 38.8 Å². The van der Waals surface area contributed by atoms with E-state index in [1.807, 2.05) is 46.4 Å². The Morgan fingerprint density at radius 1 is 0.694 bits per heavy atom. The van der Waals surface area contributed by atoms with Crippen molar-refractivity contribution < 1.29 is 28.5 Å². The topological polar surface area (TPSA) is 77.5 Å². The van der Waals surface area contributed by atoms with Gasteiger partial charge in [0.25, 0.3) is 0 Å². The zero-order valence-corrected chi connectivity index (χ0v) is 23.6. The van der Waals surface area contributed by atoms with E-state index in [-0.39, 0.29) is 24.8 Å². The van der Waals surface area contributed by atoms with Crippen molar-refractivity contribution in [1.82, 2.24) is 9.80 Å². The SMILES string of the molecule is CC(C)(C)OC(=O)COC1CCN([C@H]2CC[C@H](OCC3CCN(C(=O)OC(C)(C)C)CC3)CC2)CC1. The molecular weight excluding hydrogens is 460 g/mol. The molecule has 2 heterocycles. The number of hydrogen-bond donors (Lipinski definition) is 0. The van der Waals surface area contributed by atoms with Gasteiger partial charge in [-0.25, -0.2) is 9.59 Å². The number of piperidine rings is 2. The number of ether oxygens (including phenoxy) is 4. The Kier molecular flexibility index (Phi) is 10.5. The number of hydrogen-bond acceptors (Lipinski definition) is 7. The summed E-state index contributed by atoms with van der Waals surface area (Å²) in [5.41, 5.74) is -0.910. The lowest BCUT2D eigenvalue weighted by molar-refractivity contribution is -0.163. The summed E-state index contributed by atoms with van der Waals surface area (Å²) in [4.78, 5) is 28.6. The van der Waals surface area contributed by atoms with E-state index in [0.29, 0.717) is 18.1 Å². The summed E-state index contributed by atoms with van der Waals surface area (Å²) < 4.78 is 23.0. The van der Waals surface area contributed by atoms with Gasteiger partial charge in [-0.3, -0.25) is 0 Å². The summed E-state index contributed by atoms with van der Waals surface area (Å²) in [6.07, 6.45) is 8.85. The Bertz CT molecular complexity index is 692. The lowest BCUT2D eigenvalue weighted by Crippen LogP contribution is -2.46. The van der Waals surface area contributed by atoms with E-state index in [9.17, 15) is 9.59 Å². The molecule has 8 nitrogen and oxygen atoms in total. The summed E-state index contributed by atoms with van der Waals surface area (Å²) in [5, 5.41) is 0. The maximum atomic E-state index is 12.3. The van der Waals surface area contributed by atoms with Crippen LogP contribution in [0.3, 0.4) is 0 Å². The van der Waals surface area contributed by atoms with Gasteiger partial charge >= 0.3 is 12.1 Å². The van der Waals surface area contributed by atoms with E-state index in [1.54, 1.807) is 0 Å². The van der Waals surface area contributed by atoms with Crippen molar-refractivity contribution in [2.75, 3.05) is 39.4 Å². The van der Waals surface area contributed by atoms with Gasteiger partial charge in [0.05, 0.1) is 12.2 Å². The highest BCUT2D eigenvalue weighted by molar-refractivity contribution is 5.71. The lowest BCUT2D eigenvalue weighted by atomic mass is 9.90. The number of carbonyl (C=O) groups is 2. The maximum Gasteiger partial charge on any atom is 0.410 e. The van der Waals surface area contributed by atoms with Crippen LogP contribution in [0, 0.1) is 5.92 Å². The molecule has 3 rings (SSSR count). The van der Waals surface area contributed by atoms with Crippen LogP contribution < -0.4 is 0 Å². The fourth-order valence-electron chi connectivity index (χ4n) is 5.42. The first-order chi connectivity index (χ1) is 16.9. The largest absolute Gasteiger partial charge is 0.458 e. The zero-order valence-electron chi connectivity index (χ0n) is 23.6. The predicted octanol–water partition coefficient (Wildman–Crippen LogP) is 4.78. The molecule has 0 N–H and O–H groups in total. The standard InChI is InChI=1S/C28H50N2O6/c1-27(2,3)35-25(31)20-34-24-13-17-29(18-14-24)22-7-9-23(10-8-22)33-19-21-11-15-30(16-12-21)26(32)36-28(4,5)6/h21-24H,7-20H2,1-6H3/t22-,23-. The average Bonchev–Trinajstić information content (AvgIpc) is 2.80. The van der Waals surface area contributed by atoms with Crippen LogP contribution >= 0.6 is 0 Å². The first-order valence-corrected chi connectivity index (χ1v) is 14.0. The van der Waals surface area contributed by atoms with Crippen LogP contribution in [0.4, 0.5) is 4.79 Å². The van der Waals surface area contributed by atoms with Gasteiger partial charge in [0.15, 0.2) is 0 Å². The Labute approximate surface area is 218 Å². The molecule has 0 aromatic carbocycles. The number of amides is 1.